The molecule has 0 bridgehead atoms. The maximum atomic E-state index is 13.2. The van der Waals surface area contributed by atoms with Gasteiger partial charge in [0.25, 0.3) is 0 Å². The molecule has 0 aliphatic rings. The molecule has 1 atom stereocenters. The zero-order chi connectivity index (χ0) is 22.1. The van der Waals surface area contributed by atoms with E-state index in [0.29, 0.717) is 28.2 Å². The standard InChI is InChI=1S/C26H26N2O3/c1-15-13-20(17(3)27-22-11-12-23(30-5)28-18(22)4)26-21(14-15)24(29)16(2)25(31-26)19-9-7-6-8-10-19/h6-14,17,27H,1-5H3. The van der Waals surface area contributed by atoms with Gasteiger partial charge in [-0.05, 0) is 45.4 Å². The van der Waals surface area contributed by atoms with Crippen molar-refractivity contribution >= 4 is 16.7 Å². The monoisotopic (exact) mass is 414 g/mol. The summed E-state index contributed by atoms with van der Waals surface area (Å²) in [6, 6.07) is 17.4. The van der Waals surface area contributed by atoms with Crippen molar-refractivity contribution in [1.82, 2.24) is 4.98 Å². The average molecular weight is 415 g/mol. The molecule has 4 rings (SSSR count). The molecule has 0 spiro atoms. The van der Waals surface area contributed by atoms with E-state index in [1.54, 1.807) is 7.11 Å². The molecule has 158 valence electrons. The summed E-state index contributed by atoms with van der Waals surface area (Å²) in [5.41, 5.74) is 5.80. The van der Waals surface area contributed by atoms with Gasteiger partial charge in [0.2, 0.25) is 5.88 Å². The first kappa shape index (κ1) is 20.7. The van der Waals surface area contributed by atoms with Gasteiger partial charge in [-0.3, -0.25) is 4.79 Å². The molecule has 1 unspecified atom stereocenters. The van der Waals surface area contributed by atoms with Crippen molar-refractivity contribution in [2.24, 2.45) is 0 Å². The van der Waals surface area contributed by atoms with E-state index in [9.17, 15) is 4.79 Å². The van der Waals surface area contributed by atoms with Crippen molar-refractivity contribution in [3.05, 3.63) is 87.2 Å². The molecule has 0 saturated carbocycles. The molecule has 0 aliphatic heterocycles. The quantitative estimate of drug-likeness (QED) is 0.436. The number of hydrogen-bond donors (Lipinski definition) is 1. The van der Waals surface area contributed by atoms with Gasteiger partial charge in [0.1, 0.15) is 11.3 Å². The number of aromatic nitrogens is 1. The normalized spacial score (nSPS) is 12.0. The van der Waals surface area contributed by atoms with Crippen molar-refractivity contribution in [2.75, 3.05) is 12.4 Å². The first-order valence-corrected chi connectivity index (χ1v) is 10.3. The van der Waals surface area contributed by atoms with Gasteiger partial charge in [-0.1, -0.05) is 36.4 Å². The average Bonchev–Trinajstić information content (AvgIpc) is 2.78. The topological polar surface area (TPSA) is 64.4 Å². The SMILES string of the molecule is COc1ccc(NC(C)c2cc(C)cc3c(=O)c(C)c(-c4ccccc4)oc23)c(C)n1. The van der Waals surface area contributed by atoms with Crippen LogP contribution < -0.4 is 15.5 Å². The highest BCUT2D eigenvalue weighted by Gasteiger charge is 2.19. The van der Waals surface area contributed by atoms with Crippen LogP contribution in [0.15, 0.2) is 63.8 Å². The van der Waals surface area contributed by atoms with Gasteiger partial charge in [-0.2, -0.15) is 0 Å². The van der Waals surface area contributed by atoms with Gasteiger partial charge < -0.3 is 14.5 Å². The molecule has 1 N–H and O–H groups in total. The number of rotatable bonds is 5. The van der Waals surface area contributed by atoms with Crippen LogP contribution in [-0.4, -0.2) is 12.1 Å². The Morgan fingerprint density at radius 2 is 1.77 bits per heavy atom. The Balaban J connectivity index is 1.85. The van der Waals surface area contributed by atoms with Crippen LogP contribution in [0.3, 0.4) is 0 Å². The number of benzene rings is 2. The number of methoxy groups -OCH3 is 1. The molecule has 2 aromatic heterocycles. The van der Waals surface area contributed by atoms with E-state index in [2.05, 4.69) is 23.3 Å². The summed E-state index contributed by atoms with van der Waals surface area (Å²) in [6.07, 6.45) is 0. The molecule has 4 aromatic rings. The largest absolute Gasteiger partial charge is 0.481 e. The van der Waals surface area contributed by atoms with E-state index in [1.807, 2.05) is 69.3 Å². The molecule has 0 amide bonds. The van der Waals surface area contributed by atoms with Crippen LogP contribution in [0.5, 0.6) is 5.88 Å². The minimum absolute atomic E-state index is 0.000419. The summed E-state index contributed by atoms with van der Waals surface area (Å²) >= 11 is 0. The third-order valence-electron chi connectivity index (χ3n) is 5.54. The van der Waals surface area contributed by atoms with Crippen molar-refractivity contribution in [2.45, 2.75) is 33.7 Å². The van der Waals surface area contributed by atoms with E-state index in [1.165, 1.54) is 0 Å². The highest BCUT2D eigenvalue weighted by molar-refractivity contribution is 5.84. The van der Waals surface area contributed by atoms with Gasteiger partial charge in [-0.15, -0.1) is 0 Å². The second-order valence-corrected chi connectivity index (χ2v) is 7.83. The fourth-order valence-corrected chi connectivity index (χ4v) is 3.87. The summed E-state index contributed by atoms with van der Waals surface area (Å²) in [7, 11) is 1.60. The lowest BCUT2D eigenvalue weighted by molar-refractivity contribution is 0.397. The summed E-state index contributed by atoms with van der Waals surface area (Å²) in [5, 5.41) is 4.11. The third kappa shape index (κ3) is 3.91. The molecule has 31 heavy (non-hydrogen) atoms. The lowest BCUT2D eigenvalue weighted by atomic mass is 9.98. The lowest BCUT2D eigenvalue weighted by Crippen LogP contribution is -2.13. The zero-order valence-electron chi connectivity index (χ0n) is 18.4. The molecule has 5 heteroatoms. The molecule has 2 heterocycles. The van der Waals surface area contributed by atoms with Crippen molar-refractivity contribution < 1.29 is 9.15 Å². The van der Waals surface area contributed by atoms with Crippen LogP contribution in [0, 0.1) is 20.8 Å². The molecule has 0 radical (unpaired) electrons. The minimum atomic E-state index is -0.106. The Hall–Kier alpha value is -3.60. The highest BCUT2D eigenvalue weighted by Crippen LogP contribution is 2.32. The number of aryl methyl sites for hydroxylation is 2. The van der Waals surface area contributed by atoms with Crippen LogP contribution in [0.4, 0.5) is 5.69 Å². The van der Waals surface area contributed by atoms with E-state index < -0.39 is 0 Å². The Morgan fingerprint density at radius 1 is 1.03 bits per heavy atom. The predicted molar refractivity (Wildman–Crippen MR) is 125 cm³/mol. The number of fused-ring (bicyclic) bond motifs is 1. The summed E-state index contributed by atoms with van der Waals surface area (Å²) in [5.74, 6) is 1.18. The van der Waals surface area contributed by atoms with E-state index >= 15 is 0 Å². The van der Waals surface area contributed by atoms with Crippen LogP contribution in [0.2, 0.25) is 0 Å². The number of ether oxygens (including phenoxy) is 1. The minimum Gasteiger partial charge on any atom is -0.481 e. The fraction of sp³-hybridized carbons (Fsp3) is 0.231. The maximum absolute atomic E-state index is 13.2. The number of hydrogen-bond acceptors (Lipinski definition) is 5. The van der Waals surface area contributed by atoms with Gasteiger partial charge in [0.05, 0.1) is 29.9 Å². The van der Waals surface area contributed by atoms with Gasteiger partial charge in [0.15, 0.2) is 5.43 Å². The van der Waals surface area contributed by atoms with Crippen LogP contribution in [0.25, 0.3) is 22.3 Å². The van der Waals surface area contributed by atoms with Crippen molar-refractivity contribution in [3.63, 3.8) is 0 Å². The first-order valence-electron chi connectivity index (χ1n) is 10.3. The number of nitrogens with one attached hydrogen (secondary N) is 1. The second kappa shape index (κ2) is 8.26. The molecule has 0 saturated heterocycles. The maximum Gasteiger partial charge on any atom is 0.213 e. The molecule has 2 aromatic carbocycles. The Bertz CT molecular complexity index is 1310. The first-order chi connectivity index (χ1) is 14.9. The van der Waals surface area contributed by atoms with E-state index in [0.717, 1.165) is 28.1 Å². The molecule has 0 aliphatic carbocycles. The Labute approximate surface area is 181 Å². The third-order valence-corrected chi connectivity index (χ3v) is 5.54. The van der Waals surface area contributed by atoms with E-state index in [4.69, 9.17) is 9.15 Å². The lowest BCUT2D eigenvalue weighted by Gasteiger charge is -2.20. The fourth-order valence-electron chi connectivity index (χ4n) is 3.87. The van der Waals surface area contributed by atoms with Crippen molar-refractivity contribution in [1.29, 1.82) is 0 Å². The van der Waals surface area contributed by atoms with Gasteiger partial charge >= 0.3 is 0 Å². The van der Waals surface area contributed by atoms with Gasteiger partial charge in [-0.25, -0.2) is 4.98 Å². The smallest absolute Gasteiger partial charge is 0.213 e. The number of anilines is 1. The summed E-state index contributed by atoms with van der Waals surface area (Å²) in [6.45, 7) is 7.81. The summed E-state index contributed by atoms with van der Waals surface area (Å²) < 4.78 is 11.6. The molecule has 0 fully saturated rings. The zero-order valence-corrected chi connectivity index (χ0v) is 18.4. The number of pyridine rings is 1. The number of nitrogens with zero attached hydrogens (tertiary/aromatic N) is 1. The van der Waals surface area contributed by atoms with Crippen molar-refractivity contribution in [3.8, 4) is 17.2 Å². The van der Waals surface area contributed by atoms with Crippen LogP contribution >= 0.6 is 0 Å². The second-order valence-electron chi connectivity index (χ2n) is 7.83. The molecular weight excluding hydrogens is 388 g/mol. The Morgan fingerprint density at radius 3 is 2.45 bits per heavy atom. The summed E-state index contributed by atoms with van der Waals surface area (Å²) in [4.78, 5) is 17.7. The molecule has 5 nitrogen and oxygen atoms in total. The van der Waals surface area contributed by atoms with Gasteiger partial charge in [0, 0.05) is 22.8 Å². The highest BCUT2D eigenvalue weighted by atomic mass is 16.5. The predicted octanol–water partition coefficient (Wildman–Crippen LogP) is 5.96. The van der Waals surface area contributed by atoms with Crippen LogP contribution in [0.1, 0.15) is 35.3 Å². The molecular formula is C26H26N2O3. The van der Waals surface area contributed by atoms with E-state index in [-0.39, 0.29) is 11.5 Å². The Kier molecular flexibility index (Phi) is 5.51. The van der Waals surface area contributed by atoms with Crippen LogP contribution in [-0.2, 0) is 0 Å².